The topological polar surface area (TPSA) is 85.9 Å². The standard InChI is InChI=1S/C11H15N3O2.C6H4O/c1-3-13-11(12)14-10(15)8-4-6-9(16-2)7-5-8;1-2-5-4-6(3-1)7-5/h4-7H,3H2,1-2H3,(H3,12,13,14,15);1-4H. The molecule has 0 unspecified atom stereocenters. The van der Waals surface area contributed by atoms with Gasteiger partial charge in [0.2, 0.25) is 0 Å². The summed E-state index contributed by atoms with van der Waals surface area (Å²) in [5, 5.41) is 2.48. The maximum atomic E-state index is 11.6. The van der Waals surface area contributed by atoms with E-state index in [1.54, 1.807) is 31.4 Å². The highest BCUT2D eigenvalue weighted by molar-refractivity contribution is 6.05. The summed E-state index contributed by atoms with van der Waals surface area (Å²) in [6, 6.07) is 14.6. The lowest BCUT2D eigenvalue weighted by Gasteiger charge is -2.13. The minimum atomic E-state index is -0.280. The normalized spacial score (nSPS) is 11.3. The lowest BCUT2D eigenvalue weighted by atomic mass is 10.2. The Morgan fingerprint density at radius 1 is 1.22 bits per heavy atom. The molecule has 2 heterocycles. The molecule has 3 N–H and O–H groups in total. The summed E-state index contributed by atoms with van der Waals surface area (Å²) in [4.78, 5) is 15.5. The zero-order valence-corrected chi connectivity index (χ0v) is 13.1. The maximum Gasteiger partial charge on any atom is 0.257 e. The Balaban J connectivity index is 0.000000223. The number of methoxy groups -OCH3 is 1. The van der Waals surface area contributed by atoms with Gasteiger partial charge in [-0.05, 0) is 43.3 Å². The second kappa shape index (κ2) is 7.84. The van der Waals surface area contributed by atoms with Crippen LogP contribution in [-0.2, 0) is 0 Å². The summed E-state index contributed by atoms with van der Waals surface area (Å²) in [5.41, 5.74) is 5.98. The third-order valence-corrected chi connectivity index (χ3v) is 2.96. The molecule has 2 aromatic carbocycles. The average molecular weight is 313 g/mol. The molecule has 2 aliphatic heterocycles. The van der Waals surface area contributed by atoms with Crippen LogP contribution in [0.4, 0.5) is 0 Å². The Morgan fingerprint density at radius 3 is 2.22 bits per heavy atom. The zero-order valence-electron chi connectivity index (χ0n) is 13.1. The van der Waals surface area contributed by atoms with Gasteiger partial charge in [-0.15, -0.1) is 0 Å². The highest BCUT2D eigenvalue weighted by atomic mass is 16.5. The number of benzene rings is 2. The van der Waals surface area contributed by atoms with Gasteiger partial charge < -0.3 is 15.2 Å². The van der Waals surface area contributed by atoms with Gasteiger partial charge in [-0.1, -0.05) is 6.07 Å². The third-order valence-electron chi connectivity index (χ3n) is 2.96. The summed E-state index contributed by atoms with van der Waals surface area (Å²) in [5.74, 6) is 2.52. The molecular formula is C17H19N3O3. The molecule has 0 saturated heterocycles. The number of rotatable bonds is 3. The van der Waals surface area contributed by atoms with Crippen molar-refractivity contribution in [3.05, 3.63) is 54.1 Å². The molecule has 120 valence electrons. The van der Waals surface area contributed by atoms with Crippen molar-refractivity contribution in [1.29, 1.82) is 0 Å². The van der Waals surface area contributed by atoms with E-state index in [-0.39, 0.29) is 11.9 Å². The Hall–Kier alpha value is -3.02. The van der Waals surface area contributed by atoms with Crippen LogP contribution in [0.1, 0.15) is 17.3 Å². The van der Waals surface area contributed by atoms with E-state index >= 15 is 0 Å². The quantitative estimate of drug-likeness (QED) is 0.575. The molecule has 1 amide bonds. The van der Waals surface area contributed by atoms with Crippen molar-refractivity contribution >= 4 is 11.9 Å². The Labute approximate surface area is 134 Å². The van der Waals surface area contributed by atoms with Crippen molar-refractivity contribution in [2.24, 2.45) is 10.7 Å². The molecule has 0 saturated carbocycles. The predicted octanol–water partition coefficient (Wildman–Crippen LogP) is 2.55. The zero-order chi connectivity index (χ0) is 16.7. The van der Waals surface area contributed by atoms with Crippen LogP contribution in [0.25, 0.3) is 0 Å². The molecule has 4 rings (SSSR count). The van der Waals surface area contributed by atoms with Crippen LogP contribution >= 0.6 is 0 Å². The number of hydrogen-bond acceptors (Lipinski definition) is 4. The first kappa shape index (κ1) is 16.4. The molecular weight excluding hydrogens is 294 g/mol. The van der Waals surface area contributed by atoms with Gasteiger partial charge in [-0.25, -0.2) is 0 Å². The van der Waals surface area contributed by atoms with Gasteiger partial charge in [-0.2, -0.15) is 0 Å². The van der Waals surface area contributed by atoms with Crippen molar-refractivity contribution in [2.45, 2.75) is 6.92 Å². The molecule has 0 radical (unpaired) electrons. The van der Waals surface area contributed by atoms with Crippen LogP contribution < -0.4 is 20.5 Å². The van der Waals surface area contributed by atoms with Crippen LogP contribution in [0, 0.1) is 0 Å². The largest absolute Gasteiger partial charge is 0.497 e. The van der Waals surface area contributed by atoms with Gasteiger partial charge in [0.05, 0.1) is 7.11 Å². The van der Waals surface area contributed by atoms with Crippen LogP contribution in [0.15, 0.2) is 53.5 Å². The number of guanidine groups is 1. The summed E-state index contributed by atoms with van der Waals surface area (Å²) in [7, 11) is 1.57. The van der Waals surface area contributed by atoms with E-state index < -0.39 is 0 Å². The van der Waals surface area contributed by atoms with E-state index in [0.717, 1.165) is 11.5 Å². The van der Waals surface area contributed by atoms with Gasteiger partial charge in [0.25, 0.3) is 5.91 Å². The molecule has 0 aromatic heterocycles. The molecule has 0 aliphatic carbocycles. The molecule has 6 heteroatoms. The monoisotopic (exact) mass is 313 g/mol. The van der Waals surface area contributed by atoms with E-state index in [2.05, 4.69) is 10.3 Å². The van der Waals surface area contributed by atoms with Crippen molar-refractivity contribution in [3.8, 4) is 17.2 Å². The van der Waals surface area contributed by atoms with E-state index in [0.29, 0.717) is 17.9 Å². The van der Waals surface area contributed by atoms with Gasteiger partial charge >= 0.3 is 0 Å². The van der Waals surface area contributed by atoms with Crippen LogP contribution in [0.5, 0.6) is 17.2 Å². The van der Waals surface area contributed by atoms with E-state index in [9.17, 15) is 4.79 Å². The van der Waals surface area contributed by atoms with E-state index in [1.807, 2.05) is 31.2 Å². The molecule has 6 nitrogen and oxygen atoms in total. The van der Waals surface area contributed by atoms with Gasteiger partial charge in [0, 0.05) is 18.2 Å². The number of aliphatic imine (C=N–C) groups is 1. The number of hydrogen-bond donors (Lipinski definition) is 2. The first-order valence-corrected chi connectivity index (χ1v) is 7.15. The lowest BCUT2D eigenvalue weighted by molar-refractivity contribution is 0.0976. The highest BCUT2D eigenvalue weighted by Crippen LogP contribution is 2.32. The molecule has 0 atom stereocenters. The number of carbonyl (C=O) groups is 1. The SMILES string of the molecule is CCN=C(N)NC(=O)c1ccc(OC)cc1.c1cc2cc(c1)O2. The van der Waals surface area contributed by atoms with E-state index in [4.69, 9.17) is 15.2 Å². The summed E-state index contributed by atoms with van der Waals surface area (Å²) in [6.45, 7) is 2.38. The third kappa shape index (κ3) is 4.74. The molecule has 0 fully saturated rings. The Bertz CT molecular complexity index is 672. The smallest absolute Gasteiger partial charge is 0.257 e. The first-order valence-electron chi connectivity index (χ1n) is 7.15. The van der Waals surface area contributed by atoms with Crippen LogP contribution in [-0.4, -0.2) is 25.5 Å². The van der Waals surface area contributed by atoms with Crippen LogP contribution in [0.2, 0.25) is 0 Å². The summed E-state index contributed by atoms with van der Waals surface area (Å²) in [6.07, 6.45) is 0. The summed E-state index contributed by atoms with van der Waals surface area (Å²) >= 11 is 0. The minimum Gasteiger partial charge on any atom is -0.497 e. The molecule has 2 aliphatic rings. The van der Waals surface area contributed by atoms with Gasteiger partial charge in [-0.3, -0.25) is 15.1 Å². The second-order valence-corrected chi connectivity index (χ2v) is 4.62. The van der Waals surface area contributed by atoms with Crippen molar-refractivity contribution in [1.82, 2.24) is 5.32 Å². The predicted molar refractivity (Wildman–Crippen MR) is 89.1 cm³/mol. The number of amides is 1. The number of nitrogens with two attached hydrogens (primary N) is 1. The highest BCUT2D eigenvalue weighted by Gasteiger charge is 2.06. The van der Waals surface area contributed by atoms with Crippen molar-refractivity contribution in [2.75, 3.05) is 13.7 Å². The molecule has 23 heavy (non-hydrogen) atoms. The Kier molecular flexibility index (Phi) is 5.57. The summed E-state index contributed by atoms with van der Waals surface area (Å²) < 4.78 is 10.00. The van der Waals surface area contributed by atoms with E-state index in [1.165, 1.54) is 0 Å². The second-order valence-electron chi connectivity index (χ2n) is 4.62. The van der Waals surface area contributed by atoms with Gasteiger partial charge in [0.1, 0.15) is 17.2 Å². The minimum absolute atomic E-state index is 0.128. The fraction of sp³-hybridized carbons (Fsp3) is 0.176. The van der Waals surface area contributed by atoms with Crippen LogP contribution in [0.3, 0.4) is 0 Å². The number of nitrogens with one attached hydrogen (secondary N) is 1. The first-order chi connectivity index (χ1) is 11.1. The fourth-order valence-corrected chi connectivity index (χ4v) is 1.82. The fourth-order valence-electron chi connectivity index (χ4n) is 1.82. The number of carbonyl (C=O) groups excluding carboxylic acids is 1. The van der Waals surface area contributed by atoms with Crippen molar-refractivity contribution in [3.63, 3.8) is 0 Å². The lowest BCUT2D eigenvalue weighted by Crippen LogP contribution is -2.36. The number of nitrogens with zero attached hydrogens (tertiary/aromatic N) is 1. The number of fused-ring (bicyclic) bond motifs is 2. The van der Waals surface area contributed by atoms with Gasteiger partial charge in [0.15, 0.2) is 5.96 Å². The average Bonchev–Trinajstić information content (AvgIpc) is 2.56. The Morgan fingerprint density at radius 2 is 1.83 bits per heavy atom. The molecule has 2 aromatic rings. The number of ether oxygens (including phenoxy) is 2. The molecule has 2 bridgehead atoms. The maximum absolute atomic E-state index is 11.6. The van der Waals surface area contributed by atoms with Crippen molar-refractivity contribution < 1.29 is 14.3 Å². The molecule has 0 spiro atoms.